The van der Waals surface area contributed by atoms with Crippen LogP contribution >= 0.6 is 34.4 Å². The van der Waals surface area contributed by atoms with Crippen LogP contribution in [0.5, 0.6) is 40.2 Å². The molecule has 12 bridgehead atoms. The highest BCUT2D eigenvalue weighted by atomic mass is 31.2. The van der Waals surface area contributed by atoms with Crippen molar-refractivity contribution in [1.82, 2.24) is 0 Å². The monoisotopic (exact) mass is 1210 g/mol. The van der Waals surface area contributed by atoms with Gasteiger partial charge in [0.2, 0.25) is 0 Å². The topological polar surface area (TPSA) is 111 Å². The average molecular weight is 1210 g/mol. The van der Waals surface area contributed by atoms with E-state index in [-0.39, 0.29) is 26.4 Å². The third-order valence-electron chi connectivity index (χ3n) is 15.2. The highest BCUT2D eigenvalue weighted by molar-refractivity contribution is 7.43. The van der Waals surface area contributed by atoms with Gasteiger partial charge in [0, 0.05) is 40.7 Å². The summed E-state index contributed by atoms with van der Waals surface area (Å²) in [5.74, 6) is 4.67. The number of fused-ring (bicyclic) bond motifs is 4. The van der Waals surface area contributed by atoms with E-state index >= 15 is 0 Å². The summed E-state index contributed by atoms with van der Waals surface area (Å²) in [6.07, 6.45) is 4.81. The SMILES string of the molecule is C1=Cc2ccc3c(c2)C2=C1OP(OCc1ccccc1)Oc1ccc4ccc(cc4c1C2)O[PH+](OCc1ccccc1)Oc1ccc2ccc4c(c2c1)Cc1c(ccc2ccc(cc12)O[PH+](OCc1ccccc1)O3)OP(OCc1ccccc1)O4. The summed E-state index contributed by atoms with van der Waals surface area (Å²) in [7, 11) is -9.26. The van der Waals surface area contributed by atoms with Crippen LogP contribution in [0.2, 0.25) is 0 Å². The van der Waals surface area contributed by atoms with Gasteiger partial charge >= 0.3 is 34.4 Å². The first-order chi connectivity index (χ1) is 42.5. The van der Waals surface area contributed by atoms with E-state index in [2.05, 4.69) is 42.5 Å². The van der Waals surface area contributed by atoms with Crippen LogP contribution in [0.3, 0.4) is 0 Å². The molecule has 1 aliphatic carbocycles. The fourth-order valence-corrected chi connectivity index (χ4v) is 15.2. The standard InChI is InChI=1S/C70H54O12P4/c1-5-13-48(14-6-1)43-71-83-75-55-29-23-52-26-34-68-62(58(52)38-55)41-63-59-40-57(31-25-53(59)27-35-69(63)81-86(80-68)74-46-51-19-11-4-12-20-51)77-84(72-44-49-15-7-2-8-16-49)78-66-32-21-47-22-33-67-65(61(66)37-47)42-64-60-39-56(76-83)30-24-54(60)28-36-70(64)82-85(79-67)73-45-50-17-9-3-10-18-50/h1-40,83-84H,41-46H2/q+2. The van der Waals surface area contributed by atoms with Crippen LogP contribution in [0.4, 0.5) is 0 Å². The minimum atomic E-state index is -2.67. The molecule has 0 saturated carbocycles. The number of rotatable bonds is 12. The second kappa shape index (κ2) is 24.6. The Kier molecular flexibility index (Phi) is 15.5. The van der Waals surface area contributed by atoms with E-state index < -0.39 is 34.4 Å². The molecule has 4 aliphatic rings. The van der Waals surface area contributed by atoms with Crippen LogP contribution in [-0.2, 0) is 61.9 Å². The van der Waals surface area contributed by atoms with E-state index in [0.717, 1.165) is 88.0 Å². The molecule has 4 atom stereocenters. The quantitative estimate of drug-likeness (QED) is 0.109. The van der Waals surface area contributed by atoms with Crippen LogP contribution in [0, 0.1) is 0 Å². The number of hydrogen-bond acceptors (Lipinski definition) is 12. The first-order valence-electron chi connectivity index (χ1n) is 28.2. The van der Waals surface area contributed by atoms with E-state index in [9.17, 15) is 0 Å². The molecule has 3 aliphatic heterocycles. The lowest BCUT2D eigenvalue weighted by Gasteiger charge is -2.26. The summed E-state index contributed by atoms with van der Waals surface area (Å²) < 4.78 is 82.2. The number of allylic oxidation sites excluding steroid dienone is 2. The fraction of sp³-hybridized carbons (Fsp3) is 0.0857. The fourth-order valence-electron chi connectivity index (χ4n) is 10.9. The lowest BCUT2D eigenvalue weighted by molar-refractivity contribution is 0.233. The van der Waals surface area contributed by atoms with Crippen LogP contribution in [0.25, 0.3) is 44.0 Å². The summed E-state index contributed by atoms with van der Waals surface area (Å²) in [4.78, 5) is 0. The molecule has 11 aromatic rings. The molecule has 3 heterocycles. The minimum absolute atomic E-state index is 0.241. The summed E-state index contributed by atoms with van der Waals surface area (Å²) >= 11 is 0. The van der Waals surface area contributed by atoms with Crippen molar-refractivity contribution in [1.29, 1.82) is 0 Å². The van der Waals surface area contributed by atoms with Gasteiger partial charge < -0.3 is 18.1 Å². The predicted octanol–water partition coefficient (Wildman–Crippen LogP) is 19.4. The molecule has 0 fully saturated rings. The summed E-state index contributed by atoms with van der Waals surface area (Å²) in [6.45, 7) is 1.04. The van der Waals surface area contributed by atoms with Crippen LogP contribution in [-0.4, -0.2) is 0 Å². The number of hydrogen-bond donors (Lipinski definition) is 0. The molecule has 0 aromatic heterocycles. The molecule has 15 rings (SSSR count). The summed E-state index contributed by atoms with van der Waals surface area (Å²) in [6, 6.07) is 76.6. The normalized spacial score (nSPS) is 17.5. The Balaban J connectivity index is 0.903. The maximum atomic E-state index is 7.18. The molecule has 0 saturated heterocycles. The predicted molar refractivity (Wildman–Crippen MR) is 342 cm³/mol. The van der Waals surface area contributed by atoms with Gasteiger partial charge in [-0.1, -0.05) is 170 Å². The van der Waals surface area contributed by atoms with Crippen molar-refractivity contribution in [3.05, 3.63) is 292 Å². The molecule has 12 nitrogen and oxygen atoms in total. The largest absolute Gasteiger partial charge is 0.485 e. The summed E-state index contributed by atoms with van der Waals surface area (Å²) in [5.41, 5.74) is 9.27. The molecule has 0 radical (unpaired) electrons. The van der Waals surface area contributed by atoms with E-state index in [0.29, 0.717) is 58.8 Å². The van der Waals surface area contributed by atoms with Crippen molar-refractivity contribution < 1.29 is 54.3 Å². The third kappa shape index (κ3) is 12.0. The van der Waals surface area contributed by atoms with Crippen molar-refractivity contribution >= 4 is 78.4 Å². The van der Waals surface area contributed by atoms with Gasteiger partial charge in [-0.15, -0.1) is 0 Å². The second-order valence-electron chi connectivity index (χ2n) is 20.8. The molecular weight excluding hydrogens is 1160 g/mol. The van der Waals surface area contributed by atoms with E-state index in [1.165, 1.54) is 0 Å². The molecule has 16 heteroatoms. The smallest absolute Gasteiger partial charge is 0.417 e. The van der Waals surface area contributed by atoms with Gasteiger partial charge in [-0.05, 0) is 133 Å². The Labute approximate surface area is 502 Å². The van der Waals surface area contributed by atoms with Gasteiger partial charge in [-0.2, -0.15) is 9.05 Å². The second-order valence-corrected chi connectivity index (χ2v) is 25.4. The first-order valence-corrected chi connectivity index (χ1v) is 32.8. The Morgan fingerprint density at radius 1 is 0.349 bits per heavy atom. The molecule has 424 valence electrons. The van der Waals surface area contributed by atoms with E-state index in [4.69, 9.17) is 54.3 Å². The van der Waals surface area contributed by atoms with Crippen molar-refractivity contribution in [3.8, 4) is 40.2 Å². The molecular formula is C70H54O12P4+2. The highest BCUT2D eigenvalue weighted by Crippen LogP contribution is 2.55. The van der Waals surface area contributed by atoms with Crippen LogP contribution in [0.15, 0.2) is 242 Å². The van der Waals surface area contributed by atoms with Crippen molar-refractivity contribution in [2.24, 2.45) is 0 Å². The molecule has 86 heavy (non-hydrogen) atoms. The lowest BCUT2D eigenvalue weighted by atomic mass is 9.92. The minimum Gasteiger partial charge on any atom is -0.417 e. The van der Waals surface area contributed by atoms with Crippen molar-refractivity contribution in [3.63, 3.8) is 0 Å². The third-order valence-corrected chi connectivity index (χ3v) is 19.6. The van der Waals surface area contributed by atoms with Crippen molar-refractivity contribution in [2.75, 3.05) is 0 Å². The Hall–Kier alpha value is -8.36. The Morgan fingerprint density at radius 3 is 1.21 bits per heavy atom. The molecule has 4 unspecified atom stereocenters. The zero-order valence-electron chi connectivity index (χ0n) is 46.1. The molecule has 0 spiro atoms. The van der Waals surface area contributed by atoms with E-state index in [1.54, 1.807) is 0 Å². The Bertz CT molecular complexity index is 4360. The first kappa shape index (κ1) is 54.3. The highest BCUT2D eigenvalue weighted by Gasteiger charge is 2.35. The van der Waals surface area contributed by atoms with Gasteiger partial charge in [-0.3, -0.25) is 27.1 Å². The maximum absolute atomic E-state index is 7.18. The van der Waals surface area contributed by atoms with Gasteiger partial charge in [0.1, 0.15) is 36.2 Å². The Morgan fingerprint density at radius 2 is 0.744 bits per heavy atom. The maximum Gasteiger partial charge on any atom is 0.485 e. The zero-order chi connectivity index (χ0) is 57.2. The van der Waals surface area contributed by atoms with E-state index in [1.807, 2.05) is 200 Å². The van der Waals surface area contributed by atoms with Gasteiger partial charge in [-0.25, -0.2) is 0 Å². The molecule has 0 amide bonds. The zero-order valence-corrected chi connectivity index (χ0v) is 49.9. The van der Waals surface area contributed by atoms with Crippen LogP contribution < -0.4 is 31.7 Å². The van der Waals surface area contributed by atoms with Gasteiger partial charge in [0.15, 0.2) is 23.0 Å². The van der Waals surface area contributed by atoms with Gasteiger partial charge in [0.25, 0.3) is 0 Å². The number of benzene rings is 11. The van der Waals surface area contributed by atoms with Crippen molar-refractivity contribution in [2.45, 2.75) is 39.3 Å². The molecule has 0 N–H and O–H groups in total. The van der Waals surface area contributed by atoms with Gasteiger partial charge in [0.05, 0.1) is 13.2 Å². The van der Waals surface area contributed by atoms with Crippen LogP contribution in [0.1, 0.15) is 50.1 Å². The summed E-state index contributed by atoms with van der Waals surface area (Å²) in [5, 5.41) is 5.67. The molecule has 11 aromatic carbocycles. The lowest BCUT2D eigenvalue weighted by Crippen LogP contribution is -2.08. The average Bonchev–Trinajstić information content (AvgIpc) is 1.63.